The molecule has 3 unspecified atom stereocenters. The third-order valence-electron chi connectivity index (χ3n) is 3.21. The van der Waals surface area contributed by atoms with Crippen molar-refractivity contribution in [1.29, 1.82) is 0 Å². The maximum absolute atomic E-state index is 2.46. The fraction of sp³-hybridized carbons (Fsp3) is 0.833. The lowest BCUT2D eigenvalue weighted by Crippen LogP contribution is -2.32. The Morgan fingerprint density at radius 1 is 1.33 bits per heavy atom. The zero-order valence-corrected chi connectivity index (χ0v) is 8.72. The Morgan fingerprint density at radius 2 is 2.08 bits per heavy atom. The van der Waals surface area contributed by atoms with E-state index in [0.29, 0.717) is 0 Å². The van der Waals surface area contributed by atoms with E-state index in [1.807, 2.05) is 0 Å². The molecule has 0 aliphatic heterocycles. The number of hydrogen-bond acceptors (Lipinski definition) is 0. The lowest BCUT2D eigenvalue weighted by atomic mass is 9.64. The van der Waals surface area contributed by atoms with E-state index in [9.17, 15) is 0 Å². The monoisotopic (exact) mass is 166 g/mol. The van der Waals surface area contributed by atoms with Crippen molar-refractivity contribution in [3.8, 4) is 0 Å². The zero-order chi connectivity index (χ0) is 8.97. The third kappa shape index (κ3) is 2.12. The molecule has 0 N–H and O–H groups in total. The molecule has 1 fully saturated rings. The van der Waals surface area contributed by atoms with Crippen molar-refractivity contribution in [2.75, 3.05) is 0 Å². The molecule has 0 aromatic heterocycles. The Morgan fingerprint density at radius 3 is 2.58 bits per heavy atom. The first kappa shape index (κ1) is 9.83. The smallest absolute Gasteiger partial charge is 0.0179 e. The van der Waals surface area contributed by atoms with E-state index < -0.39 is 0 Å². The van der Waals surface area contributed by atoms with Crippen LogP contribution in [0.1, 0.15) is 46.5 Å². The van der Waals surface area contributed by atoms with Gasteiger partial charge in [-0.1, -0.05) is 45.8 Å². The van der Waals surface area contributed by atoms with Crippen molar-refractivity contribution in [3.05, 3.63) is 12.2 Å². The highest BCUT2D eigenvalue weighted by Gasteiger charge is 2.34. The van der Waals surface area contributed by atoms with E-state index in [2.05, 4.69) is 32.9 Å². The Labute approximate surface area is 77.1 Å². The van der Waals surface area contributed by atoms with E-state index in [1.165, 1.54) is 25.7 Å². The van der Waals surface area contributed by atoms with Crippen molar-refractivity contribution in [1.82, 2.24) is 0 Å². The van der Waals surface area contributed by atoms with Gasteiger partial charge >= 0.3 is 0 Å². The van der Waals surface area contributed by atoms with Crippen LogP contribution < -0.4 is 0 Å². The summed E-state index contributed by atoms with van der Waals surface area (Å²) < 4.78 is 0. The highest BCUT2D eigenvalue weighted by molar-refractivity contribution is 5.00. The molecule has 1 saturated carbocycles. The normalized spacial score (nSPS) is 35.4. The fourth-order valence-electron chi connectivity index (χ4n) is 2.27. The van der Waals surface area contributed by atoms with Crippen LogP contribution in [0.5, 0.6) is 0 Å². The predicted octanol–water partition coefficient (Wildman–Crippen LogP) is 4.02. The minimum Gasteiger partial charge on any atom is -0.0882 e. The maximum atomic E-state index is 2.46. The highest BCUT2D eigenvalue weighted by atomic mass is 14.4. The van der Waals surface area contributed by atoms with Crippen molar-refractivity contribution < 1.29 is 0 Å². The Hall–Kier alpha value is -0.260. The quantitative estimate of drug-likeness (QED) is 0.553. The van der Waals surface area contributed by atoms with Gasteiger partial charge in [-0.3, -0.25) is 0 Å². The van der Waals surface area contributed by atoms with E-state index in [1.54, 1.807) is 0 Å². The number of unbranched alkanes of at least 4 members (excludes halogenated alkanes) is 1. The van der Waals surface area contributed by atoms with Gasteiger partial charge in [0.15, 0.2) is 0 Å². The van der Waals surface area contributed by atoms with Gasteiger partial charge in [-0.2, -0.15) is 0 Å². The number of allylic oxidation sites excluding steroid dienone is 2. The summed E-state index contributed by atoms with van der Waals surface area (Å²) >= 11 is 0. The minimum atomic E-state index is 0.904. The molecule has 1 aliphatic rings. The van der Waals surface area contributed by atoms with E-state index in [0.717, 1.165) is 17.8 Å². The van der Waals surface area contributed by atoms with Gasteiger partial charge in [0, 0.05) is 0 Å². The van der Waals surface area contributed by atoms with Crippen molar-refractivity contribution >= 4 is 0 Å². The summed E-state index contributed by atoms with van der Waals surface area (Å²) in [5.74, 6) is 2.85. The summed E-state index contributed by atoms with van der Waals surface area (Å²) in [6, 6.07) is 0. The molecule has 0 spiro atoms. The fourth-order valence-corrected chi connectivity index (χ4v) is 2.27. The van der Waals surface area contributed by atoms with Crippen LogP contribution in [0.15, 0.2) is 12.2 Å². The molecule has 0 heterocycles. The second kappa shape index (κ2) is 4.69. The van der Waals surface area contributed by atoms with Gasteiger partial charge in [-0.15, -0.1) is 0 Å². The molecule has 0 bridgehead atoms. The SMILES string of the molecule is CCC/C=C/C1C(C)CC1CC. The molecule has 0 aromatic carbocycles. The standard InChI is InChI=1S/C12H22/c1-4-6-7-8-12-10(3)9-11(12)5-2/h7-8,10-12H,4-6,9H2,1-3H3/b8-7+. The molecule has 0 amide bonds. The van der Waals surface area contributed by atoms with Crippen molar-refractivity contribution in [3.63, 3.8) is 0 Å². The van der Waals surface area contributed by atoms with E-state index in [-0.39, 0.29) is 0 Å². The molecule has 0 radical (unpaired) electrons. The topological polar surface area (TPSA) is 0 Å². The van der Waals surface area contributed by atoms with Crippen LogP contribution in [0, 0.1) is 17.8 Å². The third-order valence-corrected chi connectivity index (χ3v) is 3.21. The van der Waals surface area contributed by atoms with Gasteiger partial charge in [0.2, 0.25) is 0 Å². The van der Waals surface area contributed by atoms with Crippen LogP contribution in [0.4, 0.5) is 0 Å². The second-order valence-corrected chi connectivity index (χ2v) is 4.18. The largest absolute Gasteiger partial charge is 0.0882 e. The summed E-state index contributed by atoms with van der Waals surface area (Å²) in [5.41, 5.74) is 0. The Kier molecular flexibility index (Phi) is 3.84. The van der Waals surface area contributed by atoms with Gasteiger partial charge in [0.25, 0.3) is 0 Å². The average Bonchev–Trinajstić information content (AvgIpc) is 2.08. The van der Waals surface area contributed by atoms with Gasteiger partial charge in [0.1, 0.15) is 0 Å². The Balaban J connectivity index is 2.29. The second-order valence-electron chi connectivity index (χ2n) is 4.18. The molecule has 70 valence electrons. The molecular weight excluding hydrogens is 144 g/mol. The molecule has 3 atom stereocenters. The van der Waals surface area contributed by atoms with Crippen LogP contribution in [-0.4, -0.2) is 0 Å². The molecule has 0 nitrogen and oxygen atoms in total. The lowest BCUT2D eigenvalue weighted by Gasteiger charge is -2.41. The maximum Gasteiger partial charge on any atom is -0.0179 e. The van der Waals surface area contributed by atoms with Gasteiger partial charge < -0.3 is 0 Å². The Bertz CT molecular complexity index is 146. The molecular formula is C12H22. The zero-order valence-electron chi connectivity index (χ0n) is 8.72. The summed E-state index contributed by atoms with van der Waals surface area (Å²) in [6.07, 6.45) is 10.2. The van der Waals surface area contributed by atoms with Crippen LogP contribution in [0.3, 0.4) is 0 Å². The highest BCUT2D eigenvalue weighted by Crippen LogP contribution is 2.42. The number of hydrogen-bond donors (Lipinski definition) is 0. The van der Waals surface area contributed by atoms with Gasteiger partial charge in [0.05, 0.1) is 0 Å². The van der Waals surface area contributed by atoms with E-state index in [4.69, 9.17) is 0 Å². The summed E-state index contributed by atoms with van der Waals surface area (Å²) in [7, 11) is 0. The number of rotatable bonds is 4. The summed E-state index contributed by atoms with van der Waals surface area (Å²) in [4.78, 5) is 0. The van der Waals surface area contributed by atoms with Crippen LogP contribution in [0.2, 0.25) is 0 Å². The van der Waals surface area contributed by atoms with Crippen molar-refractivity contribution in [2.24, 2.45) is 17.8 Å². The summed E-state index contributed by atoms with van der Waals surface area (Å²) in [6.45, 7) is 6.94. The lowest BCUT2D eigenvalue weighted by molar-refractivity contribution is 0.126. The molecule has 1 aliphatic carbocycles. The minimum absolute atomic E-state index is 0.904. The van der Waals surface area contributed by atoms with Gasteiger partial charge in [-0.25, -0.2) is 0 Å². The molecule has 12 heavy (non-hydrogen) atoms. The van der Waals surface area contributed by atoms with Crippen molar-refractivity contribution in [2.45, 2.75) is 46.5 Å². The molecule has 1 rings (SSSR count). The van der Waals surface area contributed by atoms with Gasteiger partial charge in [-0.05, 0) is 30.6 Å². The first-order valence-corrected chi connectivity index (χ1v) is 5.46. The summed E-state index contributed by atoms with van der Waals surface area (Å²) in [5, 5.41) is 0. The van der Waals surface area contributed by atoms with E-state index >= 15 is 0 Å². The molecule has 0 aromatic rings. The predicted molar refractivity (Wildman–Crippen MR) is 55.1 cm³/mol. The molecule has 0 heteroatoms. The average molecular weight is 166 g/mol. The van der Waals surface area contributed by atoms with Crippen LogP contribution >= 0.6 is 0 Å². The first-order valence-electron chi connectivity index (χ1n) is 5.46. The first-order chi connectivity index (χ1) is 5.79. The van der Waals surface area contributed by atoms with Crippen LogP contribution in [0.25, 0.3) is 0 Å². The van der Waals surface area contributed by atoms with Crippen LogP contribution in [-0.2, 0) is 0 Å². The molecule has 0 saturated heterocycles.